The first-order valence-corrected chi connectivity index (χ1v) is 37.1. The van der Waals surface area contributed by atoms with Gasteiger partial charge in [-0.15, -0.1) is 0 Å². The minimum Gasteiger partial charge on any atom is -0.788 e. The third kappa shape index (κ3) is 37.2. The lowest BCUT2D eigenvalue weighted by Gasteiger charge is -2.41. The fraction of sp³-hybridized carbons (Fsp3) is 0.957. The van der Waals surface area contributed by atoms with Gasteiger partial charge in [-0.2, -0.15) is 0 Å². The van der Waals surface area contributed by atoms with Crippen molar-refractivity contribution in [3.05, 3.63) is 0 Å². The summed E-state index contributed by atoms with van der Waals surface area (Å²) in [5.41, 5.74) is 0. The van der Waals surface area contributed by atoms with Gasteiger partial charge in [-0.3, -0.25) is 19.2 Å². The van der Waals surface area contributed by atoms with E-state index in [1.807, 2.05) is 4.67 Å². The standard InChI is InChI=1S/C10H20BO7P.C8H18BN2O3P.C8H15BN2O2.C7H16B2O4P.C7H15BNO4P.C6H12BO5P/c1-15-6-7-8(18-19(2,13)14)9(10(11)17-7)16-5-3-4-12;1-10(2)15(4,12)11-5-7(9)14-8(6-11)13-3;1-7(12)6-11(4-3-10-2)8(13)5-9;1-11-4-6-5(3-7(8)12-6)13-14(2,9)10;1-12-4-6-5(3-7(8)13-6)9-14(2,10)11;1-10-4-3-11-6(7)5(4)12-13(2,8)9/h7-10,12H,3-6H2,1-2H3,(H,13,14);7-8H,5-6H2,1-4H3;10H,3-6H2,1-2H3;5-7H,3-4H2,1-2,9H3;5-7H,3-4H2,1-2H3,(H2,9,10,11);4-6H,3H2,1-2H3,(H,8,9)/q;;;-1;;/p-3/t7-,8+,9?,10-;;;5-,6-,7-,14?;5-,6-,7-;4-,5?,6-/m1..111/s1. The third-order valence-electron chi connectivity index (χ3n) is 12.4. The van der Waals surface area contributed by atoms with Crippen LogP contribution >= 0.6 is 37.4 Å². The lowest BCUT2D eigenvalue weighted by Crippen LogP contribution is -2.48. The van der Waals surface area contributed by atoms with Gasteiger partial charge in [0.25, 0.3) is 0 Å². The third-order valence-corrected chi connectivity index (χ3v) is 17.9. The van der Waals surface area contributed by atoms with Gasteiger partial charge in [-0.1, -0.05) is 0 Å². The van der Waals surface area contributed by atoms with E-state index in [1.54, 1.807) is 53.4 Å². The first kappa shape index (κ1) is 87.9. The summed E-state index contributed by atoms with van der Waals surface area (Å²) in [5.74, 6) is -0.219. The molecule has 12 radical (unpaired) electrons. The van der Waals surface area contributed by atoms with Crippen molar-refractivity contribution < 1.29 is 118 Å². The van der Waals surface area contributed by atoms with E-state index in [0.717, 1.165) is 20.0 Å². The second-order valence-corrected chi connectivity index (χ2v) is 30.0. The van der Waals surface area contributed by atoms with Gasteiger partial charge in [0.15, 0.2) is 6.29 Å². The number of rotatable bonds is 28. The number of carbonyl (C=O) groups excluding carboxylic acids is 2. The van der Waals surface area contributed by atoms with Gasteiger partial charge >= 0.3 is 0 Å². The first-order chi connectivity index (χ1) is 40.7. The number of hydrogen-bond donors (Lipinski definition) is 3. The van der Waals surface area contributed by atoms with Gasteiger partial charge in [0, 0.05) is 132 Å². The van der Waals surface area contributed by atoms with Gasteiger partial charge in [0.05, 0.1) is 74.7 Å². The molecule has 5 fully saturated rings. The molecular weight excluding hydrogens is 1250 g/mol. The molecule has 0 aromatic rings. The quantitative estimate of drug-likeness (QED) is 0.0381. The van der Waals surface area contributed by atoms with Gasteiger partial charge in [0.2, 0.25) is 13.4 Å². The second-order valence-electron chi connectivity index (χ2n) is 20.5. The summed E-state index contributed by atoms with van der Waals surface area (Å²) >= 11 is 0. The lowest BCUT2D eigenvalue weighted by atomic mass is 9.93. The van der Waals surface area contributed by atoms with E-state index in [1.165, 1.54) is 33.2 Å². The molecule has 0 bridgehead atoms. The fourth-order valence-electron chi connectivity index (χ4n) is 8.29. The van der Waals surface area contributed by atoms with E-state index in [-0.39, 0.29) is 88.9 Å². The summed E-state index contributed by atoms with van der Waals surface area (Å²) in [5, 5.41) is 14.1. The van der Waals surface area contributed by atoms with Crippen molar-refractivity contribution >= 4 is 104 Å². The number of hydrogen-bond acceptors (Lipinski definition) is 26. The Morgan fingerprint density at radius 2 is 1.26 bits per heavy atom. The van der Waals surface area contributed by atoms with Crippen molar-refractivity contribution in [2.75, 3.05) is 162 Å². The van der Waals surface area contributed by atoms with Crippen LogP contribution in [0.4, 0.5) is 0 Å². The molecule has 0 spiro atoms. The van der Waals surface area contributed by atoms with Gasteiger partial charge in [-0.25, -0.2) is 9.34 Å². The molecule has 5 rings (SSSR count). The number of carbonyl (C=O) groups is 2. The molecule has 5 heterocycles. The zero-order chi connectivity index (χ0) is 68.0. The number of amides is 1. The highest BCUT2D eigenvalue weighted by atomic mass is 31.2. The molecule has 5 aliphatic heterocycles. The van der Waals surface area contributed by atoms with Crippen molar-refractivity contribution in [2.24, 2.45) is 0 Å². The number of Topliss-reactive ketones (excluding diaryl/α,β-unsaturated/α-hetero) is 1. The van der Waals surface area contributed by atoms with Crippen LogP contribution in [0.5, 0.6) is 0 Å². The second kappa shape index (κ2) is 43.8. The van der Waals surface area contributed by atoms with Crippen LogP contribution in [0.25, 0.3) is 0 Å². The number of nitrogens with one attached hydrogen (secondary N) is 2. The molecule has 20 atom stereocenters. The minimum absolute atomic E-state index is 0.0241. The molecule has 502 valence electrons. The maximum atomic E-state index is 12.4. The van der Waals surface area contributed by atoms with Crippen LogP contribution in [0.2, 0.25) is 6.32 Å². The van der Waals surface area contributed by atoms with E-state index in [9.17, 15) is 47.1 Å². The Hall–Kier alpha value is -0.135. The Morgan fingerprint density at radius 3 is 1.74 bits per heavy atom. The van der Waals surface area contributed by atoms with Crippen LogP contribution in [0.15, 0.2) is 0 Å². The number of methoxy groups -OCH3 is 5. The maximum Gasteiger partial charge on any atom is 0.214 e. The summed E-state index contributed by atoms with van der Waals surface area (Å²) < 4.78 is 133. The zero-order valence-electron chi connectivity index (χ0n) is 52.6. The molecule has 0 aromatic carbocycles. The highest BCUT2D eigenvalue weighted by molar-refractivity contribution is 7.82. The highest BCUT2D eigenvalue weighted by Crippen LogP contribution is 2.48. The van der Waals surface area contributed by atoms with Crippen LogP contribution in [0.1, 0.15) is 26.2 Å². The molecule has 30 nitrogen and oxygen atoms in total. The minimum atomic E-state index is -3.95. The Labute approximate surface area is 530 Å². The van der Waals surface area contributed by atoms with Crippen molar-refractivity contribution in [1.29, 1.82) is 0 Å². The average Bonchev–Trinajstić information content (AvgIpc) is 4.32. The SMILES string of the molecule is [B]C1CN(P(C)(=O)N(C)C)CC(OC)O1.[B]CC(=O)N(CCNC)CC(C)=O.[B][C@@H]1OC[C@@H](OC)C1OP(C)(=O)[O-].[B][C@@H]1O[C@H](COC)[C@H](OP(C)(=O)[O-])C1OCCCO.[B][C@H]1C[C@@H](NP(C)(=O)[O-])[C@@H](COC)O1.[B][C@H]1C[C@@H](OP([BH3-])(C)=O)[C@@H](COC)O1. The van der Waals surface area contributed by atoms with E-state index >= 15 is 0 Å². The Morgan fingerprint density at radius 1 is 0.716 bits per heavy atom. The summed E-state index contributed by atoms with van der Waals surface area (Å²) in [6, 6.07) is -3.00. The molecule has 5 aliphatic rings. The van der Waals surface area contributed by atoms with Crippen molar-refractivity contribution in [1.82, 2.24) is 24.6 Å². The summed E-state index contributed by atoms with van der Waals surface area (Å²) in [4.78, 5) is 56.6. The van der Waals surface area contributed by atoms with Gasteiger partial charge in [-0.05, 0) is 67.0 Å². The van der Waals surface area contributed by atoms with Crippen molar-refractivity contribution in [2.45, 2.75) is 124 Å². The monoisotopic (exact) mass is 1350 g/mol. The van der Waals surface area contributed by atoms with E-state index in [4.69, 9.17) is 118 Å². The number of morpholine rings is 1. The molecule has 42 heteroatoms. The number of ether oxygens (including phenoxy) is 11. The van der Waals surface area contributed by atoms with E-state index in [2.05, 4.69) is 10.4 Å². The van der Waals surface area contributed by atoms with Crippen LogP contribution in [-0.2, 0) is 98.1 Å². The topological polar surface area (TPSA) is 372 Å². The van der Waals surface area contributed by atoms with Crippen LogP contribution in [-0.4, -0.2) is 339 Å². The Bertz CT molecular complexity index is 2160. The maximum absolute atomic E-state index is 12.4. The fourth-order valence-corrected chi connectivity index (χ4v) is 12.6. The van der Waals surface area contributed by atoms with Crippen LogP contribution < -0.4 is 25.1 Å². The predicted molar refractivity (Wildman–Crippen MR) is 333 cm³/mol. The van der Waals surface area contributed by atoms with Gasteiger partial charge in [0.1, 0.15) is 96.8 Å². The zero-order valence-corrected chi connectivity index (χ0v) is 57.0. The molecule has 0 aromatic heterocycles. The summed E-state index contributed by atoms with van der Waals surface area (Å²) in [6.07, 6.45) is -2.87. The van der Waals surface area contributed by atoms with Crippen molar-refractivity contribution in [3.8, 4) is 0 Å². The number of aliphatic hydroxyl groups excluding tert-OH is 1. The Kier molecular flexibility index (Phi) is 43.8. The highest BCUT2D eigenvalue weighted by Gasteiger charge is 2.45. The molecule has 1 amide bonds. The molecule has 9 unspecified atom stereocenters. The van der Waals surface area contributed by atoms with Crippen LogP contribution in [0, 0.1) is 0 Å². The number of ketones is 1. The number of aliphatic hydroxyl groups is 1. The van der Waals surface area contributed by atoms with E-state index in [0.29, 0.717) is 58.7 Å². The Balaban J connectivity index is 0.00000104. The molecule has 3 N–H and O–H groups in total. The van der Waals surface area contributed by atoms with Gasteiger partial charge < -0.3 is 114 Å². The van der Waals surface area contributed by atoms with Crippen LogP contribution in [0.3, 0.4) is 0 Å². The smallest absolute Gasteiger partial charge is 0.214 e. The predicted octanol–water partition coefficient (Wildman–Crippen LogP) is -4.12. The normalized spacial score (nSPS) is 31.9. The molecule has 88 heavy (non-hydrogen) atoms. The molecular formula is C46H93B7N5O25P5-4. The first-order valence-electron chi connectivity index (χ1n) is 27.3. The summed E-state index contributed by atoms with van der Waals surface area (Å²) in [7, 11) is 30.0. The lowest BCUT2D eigenvalue weighted by molar-refractivity contribution is -0.206. The summed E-state index contributed by atoms with van der Waals surface area (Å²) in [6.45, 7) is 11.7. The molecule has 0 aliphatic carbocycles. The average molecular weight is 1350 g/mol. The molecule has 0 saturated carbocycles. The number of nitrogens with zero attached hydrogens (tertiary/aromatic N) is 3. The number of likely N-dealkylation sites (N-methyl/N-ethyl adjacent to an activating group) is 1. The van der Waals surface area contributed by atoms with Crippen molar-refractivity contribution in [3.63, 3.8) is 0 Å². The van der Waals surface area contributed by atoms with E-state index < -0.39 is 98.2 Å². The molecule has 5 saturated heterocycles. The largest absolute Gasteiger partial charge is 0.788 e.